The number of nitrogens with zero attached hydrogens (tertiary/aromatic N) is 3. The molecular weight excluding hydrogens is 590 g/mol. The SMILES string of the molecule is C=CCN(C(=O)C1N([C@@H](CO)[C@@H](C)CC)C(=O)[C@@H]2[C@H](C(=O)N(CC=C)c3ccccc3)[C@]3(C)CCC12O3)c1ccc2ccccc2c1. The van der Waals surface area contributed by atoms with Gasteiger partial charge in [-0.25, -0.2) is 0 Å². The van der Waals surface area contributed by atoms with E-state index in [9.17, 15) is 14.7 Å². The highest BCUT2D eigenvalue weighted by molar-refractivity contribution is 6.07. The molecule has 0 aromatic heterocycles. The summed E-state index contributed by atoms with van der Waals surface area (Å²) in [6.07, 6.45) is 5.01. The Morgan fingerprint density at radius 2 is 1.60 bits per heavy atom. The molecule has 0 aliphatic carbocycles. The molecule has 3 saturated heterocycles. The van der Waals surface area contributed by atoms with Gasteiger partial charge < -0.3 is 24.5 Å². The molecule has 3 aliphatic rings. The Balaban J connectivity index is 1.48. The molecule has 2 unspecified atom stereocenters. The Morgan fingerprint density at radius 1 is 0.957 bits per heavy atom. The van der Waals surface area contributed by atoms with Crippen LogP contribution in [-0.4, -0.2) is 70.7 Å². The summed E-state index contributed by atoms with van der Waals surface area (Å²) >= 11 is 0. The highest BCUT2D eigenvalue weighted by Crippen LogP contribution is 2.64. The molecule has 246 valence electrons. The molecule has 3 heterocycles. The third-order valence-corrected chi connectivity index (χ3v) is 10.8. The minimum absolute atomic E-state index is 0.105. The topological polar surface area (TPSA) is 90.4 Å². The van der Waals surface area contributed by atoms with E-state index in [1.54, 1.807) is 26.9 Å². The Kier molecular flexibility index (Phi) is 8.85. The van der Waals surface area contributed by atoms with Crippen molar-refractivity contribution < 1.29 is 24.2 Å². The van der Waals surface area contributed by atoms with Crippen molar-refractivity contribution in [1.82, 2.24) is 4.90 Å². The molecule has 3 fully saturated rings. The van der Waals surface area contributed by atoms with Crippen molar-refractivity contribution in [3.8, 4) is 0 Å². The summed E-state index contributed by atoms with van der Waals surface area (Å²) in [5.41, 5.74) is -0.809. The van der Waals surface area contributed by atoms with Crippen LogP contribution in [-0.2, 0) is 19.1 Å². The van der Waals surface area contributed by atoms with Crippen LogP contribution in [0.4, 0.5) is 11.4 Å². The number of carbonyl (C=O) groups is 3. The number of aliphatic hydroxyl groups excluding tert-OH is 1. The zero-order valence-corrected chi connectivity index (χ0v) is 27.5. The minimum atomic E-state index is -1.24. The van der Waals surface area contributed by atoms with Crippen molar-refractivity contribution >= 4 is 39.9 Å². The van der Waals surface area contributed by atoms with Crippen molar-refractivity contribution in [2.75, 3.05) is 29.5 Å². The lowest BCUT2D eigenvalue weighted by Gasteiger charge is -2.41. The van der Waals surface area contributed by atoms with Crippen LogP contribution >= 0.6 is 0 Å². The quantitative estimate of drug-likeness (QED) is 0.256. The number of carbonyl (C=O) groups excluding carboxylic acids is 3. The third-order valence-electron chi connectivity index (χ3n) is 10.8. The maximum absolute atomic E-state index is 15.1. The summed E-state index contributed by atoms with van der Waals surface area (Å²) < 4.78 is 6.96. The first kappa shape index (κ1) is 32.7. The molecule has 3 aromatic rings. The van der Waals surface area contributed by atoms with E-state index in [2.05, 4.69) is 13.2 Å². The van der Waals surface area contributed by atoms with Gasteiger partial charge in [0.1, 0.15) is 11.6 Å². The highest BCUT2D eigenvalue weighted by Gasteiger charge is 2.79. The van der Waals surface area contributed by atoms with Gasteiger partial charge >= 0.3 is 0 Å². The summed E-state index contributed by atoms with van der Waals surface area (Å²) in [5, 5.41) is 12.8. The summed E-state index contributed by atoms with van der Waals surface area (Å²) in [5.74, 6) is -2.66. The number of hydrogen-bond acceptors (Lipinski definition) is 5. The van der Waals surface area contributed by atoms with Gasteiger partial charge in [0.15, 0.2) is 0 Å². The third kappa shape index (κ3) is 5.18. The average Bonchev–Trinajstić information content (AvgIpc) is 3.66. The van der Waals surface area contributed by atoms with Gasteiger partial charge in [-0.2, -0.15) is 0 Å². The number of aliphatic hydroxyl groups is 1. The monoisotopic (exact) mass is 635 g/mol. The summed E-state index contributed by atoms with van der Waals surface area (Å²) in [4.78, 5) is 49.6. The van der Waals surface area contributed by atoms with Crippen LogP contribution in [0.2, 0.25) is 0 Å². The Bertz CT molecular complexity index is 1690. The van der Waals surface area contributed by atoms with Gasteiger partial charge in [0.2, 0.25) is 11.8 Å². The van der Waals surface area contributed by atoms with E-state index in [1.807, 2.05) is 93.6 Å². The standard InChI is InChI=1S/C39H45N3O5/c1-6-22-40(29-16-10-9-11-17-29)35(44)32-33-36(45)42(31(25-43)26(4)8-3)34(39(33)21-20-38(32,5)47-39)37(46)41(23-7-2)30-19-18-27-14-12-13-15-28(27)24-30/h6-7,9-19,24,26,31-34,43H,1-2,8,20-23,25H2,3-5H3/t26-,31-,32+,33-,34?,38-,39?/m0/s1. The van der Waals surface area contributed by atoms with Gasteiger partial charge in [-0.05, 0) is 60.7 Å². The number of hydrogen-bond donors (Lipinski definition) is 1. The summed E-state index contributed by atoms with van der Waals surface area (Å²) in [7, 11) is 0. The Morgan fingerprint density at radius 3 is 2.23 bits per heavy atom. The minimum Gasteiger partial charge on any atom is -0.394 e. The van der Waals surface area contributed by atoms with Crippen LogP contribution in [0.15, 0.2) is 98.1 Å². The fourth-order valence-electron chi connectivity index (χ4n) is 8.36. The second-order valence-electron chi connectivity index (χ2n) is 13.5. The lowest BCUT2D eigenvalue weighted by molar-refractivity contribution is -0.149. The van der Waals surface area contributed by atoms with E-state index in [1.165, 1.54) is 0 Å². The summed E-state index contributed by atoms with van der Waals surface area (Å²) in [6.45, 7) is 13.9. The molecule has 2 bridgehead atoms. The zero-order valence-electron chi connectivity index (χ0n) is 27.5. The van der Waals surface area contributed by atoms with Crippen molar-refractivity contribution in [2.24, 2.45) is 17.8 Å². The van der Waals surface area contributed by atoms with Crippen molar-refractivity contribution in [1.29, 1.82) is 0 Å². The first-order valence-electron chi connectivity index (χ1n) is 16.7. The number of ether oxygens (including phenoxy) is 1. The summed E-state index contributed by atoms with van der Waals surface area (Å²) in [6, 6.07) is 21.5. The van der Waals surface area contributed by atoms with Crippen LogP contribution in [0, 0.1) is 17.8 Å². The smallest absolute Gasteiger partial charge is 0.253 e. The number of anilines is 2. The molecular formula is C39H45N3O5. The van der Waals surface area contributed by atoms with Gasteiger partial charge in [0.05, 0.1) is 30.1 Å². The van der Waals surface area contributed by atoms with Crippen LogP contribution in [0.25, 0.3) is 10.8 Å². The van der Waals surface area contributed by atoms with Crippen LogP contribution in [0.5, 0.6) is 0 Å². The molecule has 3 aromatic carbocycles. The van der Waals surface area contributed by atoms with E-state index in [4.69, 9.17) is 4.74 Å². The van der Waals surface area contributed by atoms with Crippen LogP contribution < -0.4 is 9.80 Å². The first-order chi connectivity index (χ1) is 22.7. The molecule has 8 heteroatoms. The van der Waals surface area contributed by atoms with Crippen LogP contribution in [0.3, 0.4) is 0 Å². The van der Waals surface area contributed by atoms with Crippen molar-refractivity contribution in [3.63, 3.8) is 0 Å². The van der Waals surface area contributed by atoms with E-state index in [-0.39, 0.29) is 43.3 Å². The first-order valence-corrected chi connectivity index (χ1v) is 16.7. The predicted octanol–water partition coefficient (Wildman–Crippen LogP) is 5.75. The average molecular weight is 636 g/mol. The fourth-order valence-corrected chi connectivity index (χ4v) is 8.36. The largest absolute Gasteiger partial charge is 0.394 e. The van der Waals surface area contributed by atoms with Gasteiger partial charge in [-0.3, -0.25) is 14.4 Å². The highest BCUT2D eigenvalue weighted by atomic mass is 16.5. The molecule has 47 heavy (non-hydrogen) atoms. The van der Waals surface area contributed by atoms with E-state index >= 15 is 4.79 Å². The van der Waals surface area contributed by atoms with E-state index < -0.39 is 35.1 Å². The number of fused-ring (bicyclic) bond motifs is 2. The number of likely N-dealkylation sites (tertiary alicyclic amines) is 1. The molecule has 0 saturated carbocycles. The number of para-hydroxylation sites is 1. The van der Waals surface area contributed by atoms with E-state index in [0.29, 0.717) is 30.6 Å². The van der Waals surface area contributed by atoms with Crippen molar-refractivity contribution in [3.05, 3.63) is 98.1 Å². The Hall–Kier alpha value is -4.27. The molecule has 1 spiro atoms. The van der Waals surface area contributed by atoms with Gasteiger partial charge in [0.25, 0.3) is 5.91 Å². The molecule has 8 nitrogen and oxygen atoms in total. The second kappa shape index (κ2) is 12.7. The predicted molar refractivity (Wildman–Crippen MR) is 185 cm³/mol. The number of rotatable bonds is 12. The zero-order chi connectivity index (χ0) is 33.5. The van der Waals surface area contributed by atoms with Gasteiger partial charge in [-0.1, -0.05) is 81.0 Å². The number of amides is 3. The molecule has 3 aliphatic heterocycles. The lowest BCUT2D eigenvalue weighted by atomic mass is 9.66. The second-order valence-corrected chi connectivity index (χ2v) is 13.5. The molecule has 6 rings (SSSR count). The molecule has 7 atom stereocenters. The number of benzene rings is 3. The Labute approximate surface area is 277 Å². The maximum atomic E-state index is 15.1. The maximum Gasteiger partial charge on any atom is 0.253 e. The molecule has 3 amide bonds. The lowest BCUT2D eigenvalue weighted by Crippen LogP contribution is -2.60. The van der Waals surface area contributed by atoms with Crippen molar-refractivity contribution in [2.45, 2.75) is 63.3 Å². The normalized spacial score (nSPS) is 27.4. The molecule has 0 radical (unpaired) electrons. The fraction of sp³-hybridized carbons (Fsp3) is 0.410. The van der Waals surface area contributed by atoms with E-state index in [0.717, 1.165) is 10.8 Å². The van der Waals surface area contributed by atoms with Crippen LogP contribution in [0.1, 0.15) is 40.0 Å². The van der Waals surface area contributed by atoms with Gasteiger partial charge in [-0.15, -0.1) is 13.2 Å². The van der Waals surface area contributed by atoms with Gasteiger partial charge in [0, 0.05) is 24.5 Å². The molecule has 1 N–H and O–H groups in total.